The summed E-state index contributed by atoms with van der Waals surface area (Å²) in [6.07, 6.45) is 15.9. The summed E-state index contributed by atoms with van der Waals surface area (Å²) >= 11 is 1.62. The lowest BCUT2D eigenvalue weighted by Crippen LogP contribution is -2.36. The van der Waals surface area contributed by atoms with Gasteiger partial charge in [0.2, 0.25) is 0 Å². The molecular formula is C25H42N2O2S. The Kier molecular flexibility index (Phi) is 16.3. The van der Waals surface area contributed by atoms with E-state index in [1.165, 1.54) is 6.08 Å². The summed E-state index contributed by atoms with van der Waals surface area (Å²) < 4.78 is 0. The van der Waals surface area contributed by atoms with Gasteiger partial charge in [0.1, 0.15) is 12.0 Å². The molecule has 0 saturated carbocycles. The molecule has 0 heterocycles. The van der Waals surface area contributed by atoms with Crippen molar-refractivity contribution in [3.8, 4) is 0 Å². The van der Waals surface area contributed by atoms with E-state index in [0.717, 1.165) is 54.7 Å². The molecule has 2 atom stereocenters. The molecule has 0 radical (unpaired) electrons. The van der Waals surface area contributed by atoms with Crippen LogP contribution in [0.3, 0.4) is 0 Å². The van der Waals surface area contributed by atoms with Crippen molar-refractivity contribution in [2.45, 2.75) is 85.4 Å². The van der Waals surface area contributed by atoms with E-state index < -0.39 is 6.23 Å². The molecule has 0 aromatic carbocycles. The molecule has 0 amide bonds. The molecule has 0 aliphatic carbocycles. The normalized spacial score (nSPS) is 16.2. The van der Waals surface area contributed by atoms with Gasteiger partial charge in [0.25, 0.3) is 0 Å². The van der Waals surface area contributed by atoms with Gasteiger partial charge in [-0.1, -0.05) is 52.0 Å². The smallest absolute Gasteiger partial charge is 0.128 e. The summed E-state index contributed by atoms with van der Waals surface area (Å²) in [6.45, 7) is 14.3. The molecule has 4 nitrogen and oxygen atoms in total. The maximum Gasteiger partial charge on any atom is 0.128 e. The van der Waals surface area contributed by atoms with Gasteiger partial charge < -0.3 is 10.2 Å². The summed E-state index contributed by atoms with van der Waals surface area (Å²) in [4.78, 5) is 4.34. The van der Waals surface area contributed by atoms with Crippen LogP contribution in [0.5, 0.6) is 0 Å². The predicted molar refractivity (Wildman–Crippen MR) is 135 cm³/mol. The highest BCUT2D eigenvalue weighted by molar-refractivity contribution is 8.02. The molecule has 0 bridgehead atoms. The van der Waals surface area contributed by atoms with Gasteiger partial charge >= 0.3 is 0 Å². The molecule has 0 spiro atoms. The van der Waals surface area contributed by atoms with Crippen LogP contribution in [-0.2, 0) is 0 Å². The highest BCUT2D eigenvalue weighted by Gasteiger charge is 2.15. The van der Waals surface area contributed by atoms with Crippen LogP contribution in [0.15, 0.2) is 63.4 Å². The van der Waals surface area contributed by atoms with Crippen molar-refractivity contribution in [2.24, 2.45) is 4.99 Å². The van der Waals surface area contributed by atoms with Gasteiger partial charge in [0.15, 0.2) is 0 Å². The van der Waals surface area contributed by atoms with E-state index in [0.29, 0.717) is 5.57 Å². The van der Waals surface area contributed by atoms with Gasteiger partial charge in [0, 0.05) is 23.9 Å². The Bertz CT molecular complexity index is 660. The van der Waals surface area contributed by atoms with Crippen molar-refractivity contribution >= 4 is 18.0 Å². The van der Waals surface area contributed by atoms with Crippen molar-refractivity contribution in [1.29, 1.82) is 0 Å². The van der Waals surface area contributed by atoms with E-state index in [1.807, 2.05) is 26.2 Å². The van der Waals surface area contributed by atoms with E-state index in [-0.39, 0.29) is 11.8 Å². The third kappa shape index (κ3) is 11.0. The fraction of sp³-hybridized carbons (Fsp3) is 0.560. The number of rotatable bonds is 15. The van der Waals surface area contributed by atoms with Gasteiger partial charge in [-0.05, 0) is 63.4 Å². The van der Waals surface area contributed by atoms with Crippen molar-refractivity contribution in [2.75, 3.05) is 6.26 Å². The fourth-order valence-electron chi connectivity index (χ4n) is 3.19. The molecule has 0 aromatic rings. The Morgan fingerprint density at radius 2 is 1.87 bits per heavy atom. The van der Waals surface area contributed by atoms with Crippen LogP contribution in [0.1, 0.15) is 73.1 Å². The van der Waals surface area contributed by atoms with Crippen molar-refractivity contribution in [3.63, 3.8) is 0 Å². The lowest BCUT2D eigenvalue weighted by atomic mass is 9.93. The molecule has 0 aromatic heterocycles. The number of aliphatic hydroxyl groups excluding tert-OH is 2. The van der Waals surface area contributed by atoms with E-state index >= 15 is 0 Å². The van der Waals surface area contributed by atoms with Gasteiger partial charge in [-0.25, -0.2) is 0 Å². The Balaban J connectivity index is 5.38. The highest BCUT2D eigenvalue weighted by atomic mass is 32.2. The zero-order valence-corrected chi connectivity index (χ0v) is 20.6. The number of hydrogen-bond donors (Lipinski definition) is 3. The Labute approximate surface area is 188 Å². The number of allylic oxidation sites excluding steroid dienone is 5. The molecule has 5 heteroatoms. The monoisotopic (exact) mass is 434 g/mol. The van der Waals surface area contributed by atoms with Gasteiger partial charge in [0.05, 0.1) is 5.03 Å². The van der Waals surface area contributed by atoms with Crippen LogP contribution < -0.4 is 5.32 Å². The molecule has 0 aliphatic rings. The summed E-state index contributed by atoms with van der Waals surface area (Å²) in [5, 5.41) is 25.3. The molecule has 2 unspecified atom stereocenters. The molecule has 3 N–H and O–H groups in total. The fourth-order valence-corrected chi connectivity index (χ4v) is 3.69. The number of nitrogens with zero attached hydrogens (tertiary/aromatic N) is 1. The zero-order chi connectivity index (χ0) is 22.9. The van der Waals surface area contributed by atoms with Gasteiger partial charge in [-0.3, -0.25) is 10.3 Å². The second kappa shape index (κ2) is 17.2. The average molecular weight is 435 g/mol. The molecule has 0 saturated heterocycles. The van der Waals surface area contributed by atoms with Crippen LogP contribution in [-0.4, -0.2) is 35.0 Å². The topological polar surface area (TPSA) is 64.9 Å². The second-order valence-electron chi connectivity index (χ2n) is 7.06. The third-order valence-corrected chi connectivity index (χ3v) is 5.42. The largest absolute Gasteiger partial charge is 0.508 e. The van der Waals surface area contributed by atoms with Crippen LogP contribution >= 0.6 is 11.8 Å². The van der Waals surface area contributed by atoms with Crippen molar-refractivity contribution in [3.05, 3.63) is 58.4 Å². The van der Waals surface area contributed by atoms with Gasteiger partial charge in [-0.15, -0.1) is 11.8 Å². The average Bonchev–Trinajstić information content (AvgIpc) is 2.72. The maximum atomic E-state index is 10.7. The molecule has 0 aliphatic heterocycles. The minimum atomic E-state index is -0.897. The summed E-state index contributed by atoms with van der Waals surface area (Å²) in [5.41, 5.74) is 2.59. The standard InChI is InChI=1S/C25H42N2O2S/c1-8-14-20(10-3)27-24(29)18-23(28)21(11-4)22(15-9-2)19(6)16-13-17-25(30-7)26-12-5/h11-12,15,17-18,20,24,27-29H,6,8-10,13-14,16H2,1-5,7H3/b21-11+,22-15-,23-18-,25-17+,26-12-. The Hall–Kier alpha value is -1.56. The minimum absolute atomic E-state index is 0.0700. The van der Waals surface area contributed by atoms with E-state index in [1.54, 1.807) is 18.0 Å². The zero-order valence-electron chi connectivity index (χ0n) is 19.7. The van der Waals surface area contributed by atoms with Crippen LogP contribution in [0.2, 0.25) is 0 Å². The number of aliphatic hydroxyl groups is 2. The first-order valence-electron chi connectivity index (χ1n) is 11.0. The molecule has 0 fully saturated rings. The molecular weight excluding hydrogens is 392 g/mol. The predicted octanol–water partition coefficient (Wildman–Crippen LogP) is 6.83. The minimum Gasteiger partial charge on any atom is -0.508 e. The van der Waals surface area contributed by atoms with E-state index in [9.17, 15) is 10.2 Å². The molecule has 0 rings (SSSR count). The number of nitrogens with one attached hydrogen (secondary N) is 1. The highest BCUT2D eigenvalue weighted by Crippen LogP contribution is 2.28. The quantitative estimate of drug-likeness (QED) is 0.114. The second-order valence-corrected chi connectivity index (χ2v) is 7.89. The van der Waals surface area contributed by atoms with Gasteiger partial charge in [-0.2, -0.15) is 0 Å². The lowest BCUT2D eigenvalue weighted by molar-refractivity contribution is 0.159. The summed E-state index contributed by atoms with van der Waals surface area (Å²) in [7, 11) is 0. The van der Waals surface area contributed by atoms with Crippen LogP contribution in [0.4, 0.5) is 0 Å². The van der Waals surface area contributed by atoms with E-state index in [2.05, 4.69) is 49.8 Å². The first kappa shape index (κ1) is 28.4. The number of aliphatic imine (C=N–C) groups is 1. The summed E-state index contributed by atoms with van der Waals surface area (Å²) in [5.74, 6) is 0.0700. The number of hydrogen-bond acceptors (Lipinski definition) is 5. The first-order valence-corrected chi connectivity index (χ1v) is 12.2. The third-order valence-electron chi connectivity index (χ3n) is 4.73. The Morgan fingerprint density at radius 1 is 1.17 bits per heavy atom. The van der Waals surface area contributed by atoms with Crippen molar-refractivity contribution < 1.29 is 10.2 Å². The van der Waals surface area contributed by atoms with Crippen molar-refractivity contribution in [1.82, 2.24) is 5.32 Å². The van der Waals surface area contributed by atoms with Crippen LogP contribution in [0.25, 0.3) is 0 Å². The Morgan fingerprint density at radius 3 is 2.37 bits per heavy atom. The molecule has 170 valence electrons. The maximum absolute atomic E-state index is 10.7. The lowest BCUT2D eigenvalue weighted by Gasteiger charge is -2.20. The first-order chi connectivity index (χ1) is 14.4. The summed E-state index contributed by atoms with van der Waals surface area (Å²) in [6, 6.07) is 0.229. The SMILES string of the molecule is C=C(CC/C=C(\N=C/C)SC)C(=C/CC)/C(=C\C)C(/O)=C/C(O)NC(CC)CCC. The van der Waals surface area contributed by atoms with Crippen LogP contribution in [0, 0.1) is 0 Å². The van der Waals surface area contributed by atoms with E-state index in [4.69, 9.17) is 0 Å². The number of thioether (sulfide) groups is 1. The molecule has 30 heavy (non-hydrogen) atoms.